The summed E-state index contributed by atoms with van der Waals surface area (Å²) in [6.07, 6.45) is 2.78. The monoisotopic (exact) mass is 377 g/mol. The highest BCUT2D eigenvalue weighted by Crippen LogP contribution is 2.37. The molecule has 1 saturated heterocycles. The zero-order chi connectivity index (χ0) is 17.3. The molecule has 1 amide bonds. The van der Waals surface area contributed by atoms with Crippen LogP contribution in [0.1, 0.15) is 18.1 Å². The van der Waals surface area contributed by atoms with E-state index in [9.17, 15) is 9.18 Å². The molecule has 122 valence electrons. The minimum Gasteiger partial charge on any atom is -0.268 e. The standard InChI is InChI=1S/C18H13ClFNOS2/c1-2-11-3-5-12(6-4-11)9-16-17(22)21(18(23)24-16)13-7-8-15(20)14(19)10-13/h3-10H,2H2,1H3/b16-9-. The maximum absolute atomic E-state index is 13.3. The molecule has 0 spiro atoms. The van der Waals surface area contributed by atoms with Gasteiger partial charge in [-0.3, -0.25) is 9.69 Å². The third kappa shape index (κ3) is 3.38. The van der Waals surface area contributed by atoms with Crippen LogP contribution in [0.2, 0.25) is 5.02 Å². The molecule has 3 rings (SSSR count). The van der Waals surface area contributed by atoms with Crippen molar-refractivity contribution in [3.63, 3.8) is 0 Å². The molecule has 0 N–H and O–H groups in total. The van der Waals surface area contributed by atoms with Crippen molar-refractivity contribution >= 4 is 57.6 Å². The van der Waals surface area contributed by atoms with E-state index in [1.807, 2.05) is 30.3 Å². The first-order valence-electron chi connectivity index (χ1n) is 7.31. The van der Waals surface area contributed by atoms with E-state index in [0.717, 1.165) is 12.0 Å². The van der Waals surface area contributed by atoms with E-state index in [-0.39, 0.29) is 10.9 Å². The van der Waals surface area contributed by atoms with Gasteiger partial charge in [-0.05, 0) is 41.8 Å². The van der Waals surface area contributed by atoms with Gasteiger partial charge < -0.3 is 0 Å². The summed E-state index contributed by atoms with van der Waals surface area (Å²) < 4.78 is 13.7. The molecule has 0 radical (unpaired) electrons. The van der Waals surface area contributed by atoms with Crippen molar-refractivity contribution < 1.29 is 9.18 Å². The Kier molecular flexibility index (Phi) is 5.04. The normalized spacial score (nSPS) is 16.3. The summed E-state index contributed by atoms with van der Waals surface area (Å²) in [4.78, 5) is 14.6. The maximum Gasteiger partial charge on any atom is 0.270 e. The van der Waals surface area contributed by atoms with Crippen molar-refractivity contribution in [1.82, 2.24) is 0 Å². The van der Waals surface area contributed by atoms with E-state index in [2.05, 4.69) is 6.92 Å². The predicted molar refractivity (Wildman–Crippen MR) is 103 cm³/mol. The zero-order valence-electron chi connectivity index (χ0n) is 12.8. The van der Waals surface area contributed by atoms with Crippen molar-refractivity contribution in [2.75, 3.05) is 4.90 Å². The van der Waals surface area contributed by atoms with Crippen LogP contribution in [-0.4, -0.2) is 10.2 Å². The summed E-state index contributed by atoms with van der Waals surface area (Å²) >= 11 is 12.3. The minimum atomic E-state index is -0.530. The van der Waals surface area contributed by atoms with Crippen molar-refractivity contribution in [2.45, 2.75) is 13.3 Å². The van der Waals surface area contributed by atoms with E-state index in [1.165, 1.54) is 40.4 Å². The van der Waals surface area contributed by atoms with Gasteiger partial charge in [0.25, 0.3) is 5.91 Å². The lowest BCUT2D eigenvalue weighted by Gasteiger charge is -2.14. The first kappa shape index (κ1) is 17.1. The van der Waals surface area contributed by atoms with Crippen LogP contribution in [0.15, 0.2) is 47.4 Å². The fourth-order valence-electron chi connectivity index (χ4n) is 2.32. The van der Waals surface area contributed by atoms with Gasteiger partial charge in [-0.25, -0.2) is 4.39 Å². The van der Waals surface area contributed by atoms with Crippen molar-refractivity contribution in [3.05, 3.63) is 69.3 Å². The van der Waals surface area contributed by atoms with Crippen LogP contribution in [0.4, 0.5) is 10.1 Å². The Balaban J connectivity index is 1.90. The summed E-state index contributed by atoms with van der Waals surface area (Å²) in [5, 5.41) is -0.0410. The number of aryl methyl sites for hydroxylation is 1. The van der Waals surface area contributed by atoms with Crippen LogP contribution in [0.25, 0.3) is 6.08 Å². The molecule has 0 aliphatic carbocycles. The Morgan fingerprint density at radius 1 is 1.25 bits per heavy atom. The number of carbonyl (C=O) groups is 1. The van der Waals surface area contributed by atoms with Crippen LogP contribution in [0.5, 0.6) is 0 Å². The van der Waals surface area contributed by atoms with Crippen LogP contribution < -0.4 is 4.90 Å². The smallest absolute Gasteiger partial charge is 0.268 e. The van der Waals surface area contributed by atoms with Gasteiger partial charge in [0.1, 0.15) is 5.82 Å². The van der Waals surface area contributed by atoms with Crippen LogP contribution >= 0.6 is 35.6 Å². The van der Waals surface area contributed by atoms with Gasteiger partial charge in [0.2, 0.25) is 0 Å². The highest BCUT2D eigenvalue weighted by molar-refractivity contribution is 8.27. The number of thiocarbonyl (C=S) groups is 1. The van der Waals surface area contributed by atoms with Gasteiger partial charge in [-0.15, -0.1) is 0 Å². The van der Waals surface area contributed by atoms with Crippen molar-refractivity contribution in [1.29, 1.82) is 0 Å². The molecule has 0 saturated carbocycles. The maximum atomic E-state index is 13.3. The van der Waals surface area contributed by atoms with E-state index in [1.54, 1.807) is 0 Å². The van der Waals surface area contributed by atoms with Crippen LogP contribution in [-0.2, 0) is 11.2 Å². The summed E-state index contributed by atoms with van der Waals surface area (Å²) in [6.45, 7) is 2.09. The van der Waals surface area contributed by atoms with Gasteiger partial charge in [-0.2, -0.15) is 0 Å². The van der Waals surface area contributed by atoms with E-state index in [0.29, 0.717) is 14.9 Å². The van der Waals surface area contributed by atoms with E-state index < -0.39 is 5.82 Å². The van der Waals surface area contributed by atoms with E-state index in [4.69, 9.17) is 23.8 Å². The number of nitrogens with zero attached hydrogens (tertiary/aromatic N) is 1. The molecular weight excluding hydrogens is 365 g/mol. The van der Waals surface area contributed by atoms with Gasteiger partial charge in [0.05, 0.1) is 15.6 Å². The summed E-state index contributed by atoms with van der Waals surface area (Å²) in [5.41, 5.74) is 2.64. The van der Waals surface area contributed by atoms with Crippen LogP contribution in [0, 0.1) is 5.82 Å². The molecule has 0 aromatic heterocycles. The third-order valence-corrected chi connectivity index (χ3v) is 5.23. The number of hydrogen-bond donors (Lipinski definition) is 0. The highest BCUT2D eigenvalue weighted by atomic mass is 35.5. The number of halogens is 2. The molecule has 1 fully saturated rings. The van der Waals surface area contributed by atoms with Gasteiger partial charge >= 0.3 is 0 Å². The second-order valence-corrected chi connectivity index (χ2v) is 7.29. The lowest BCUT2D eigenvalue weighted by molar-refractivity contribution is -0.113. The number of amides is 1. The summed E-state index contributed by atoms with van der Waals surface area (Å²) in [6, 6.07) is 12.1. The first-order valence-corrected chi connectivity index (χ1v) is 8.92. The summed E-state index contributed by atoms with van der Waals surface area (Å²) in [7, 11) is 0. The Morgan fingerprint density at radius 2 is 1.96 bits per heavy atom. The minimum absolute atomic E-state index is 0.0410. The SMILES string of the molecule is CCc1ccc(/C=C2\SC(=S)N(c3ccc(F)c(Cl)c3)C2=O)cc1. The Morgan fingerprint density at radius 3 is 2.58 bits per heavy atom. The lowest BCUT2D eigenvalue weighted by Crippen LogP contribution is -2.27. The van der Waals surface area contributed by atoms with Crippen molar-refractivity contribution in [2.24, 2.45) is 0 Å². The van der Waals surface area contributed by atoms with Crippen LogP contribution in [0.3, 0.4) is 0 Å². The second kappa shape index (κ2) is 7.05. The Hall–Kier alpha value is -1.69. The first-order chi connectivity index (χ1) is 11.5. The van der Waals surface area contributed by atoms with Gasteiger partial charge in [0.15, 0.2) is 4.32 Å². The Labute approximate surface area is 154 Å². The van der Waals surface area contributed by atoms with Crippen molar-refractivity contribution in [3.8, 4) is 0 Å². The fraction of sp³-hybridized carbons (Fsp3) is 0.111. The topological polar surface area (TPSA) is 20.3 Å². The number of hydrogen-bond acceptors (Lipinski definition) is 3. The largest absolute Gasteiger partial charge is 0.270 e. The molecule has 2 aromatic rings. The number of benzene rings is 2. The average molecular weight is 378 g/mol. The number of anilines is 1. The number of thioether (sulfide) groups is 1. The fourth-order valence-corrected chi connectivity index (χ4v) is 3.79. The van der Waals surface area contributed by atoms with E-state index >= 15 is 0 Å². The molecule has 0 unspecified atom stereocenters. The molecule has 6 heteroatoms. The van der Waals surface area contributed by atoms with Gasteiger partial charge in [-0.1, -0.05) is 66.8 Å². The highest BCUT2D eigenvalue weighted by Gasteiger charge is 2.33. The molecule has 24 heavy (non-hydrogen) atoms. The lowest BCUT2D eigenvalue weighted by atomic mass is 10.1. The quantitative estimate of drug-likeness (QED) is 0.524. The molecule has 1 aliphatic rings. The average Bonchev–Trinajstić information content (AvgIpc) is 2.85. The molecular formula is C18H13ClFNOS2. The summed E-state index contributed by atoms with van der Waals surface area (Å²) in [5.74, 6) is -0.760. The predicted octanol–water partition coefficient (Wildman–Crippen LogP) is 5.45. The molecule has 0 bridgehead atoms. The van der Waals surface area contributed by atoms with Gasteiger partial charge in [0, 0.05) is 0 Å². The molecule has 2 nitrogen and oxygen atoms in total. The molecule has 0 atom stereocenters. The zero-order valence-corrected chi connectivity index (χ0v) is 15.1. The second-order valence-electron chi connectivity index (χ2n) is 5.21. The number of carbonyl (C=O) groups excluding carboxylic acids is 1. The molecule has 1 heterocycles. The molecule has 2 aromatic carbocycles. The Bertz CT molecular complexity index is 849. The molecule has 1 aliphatic heterocycles. The number of rotatable bonds is 3. The third-order valence-electron chi connectivity index (χ3n) is 3.64.